The van der Waals surface area contributed by atoms with Gasteiger partial charge in [0, 0.05) is 43.0 Å². The van der Waals surface area contributed by atoms with E-state index in [4.69, 9.17) is 4.98 Å². The Hall–Kier alpha value is -3.33. The second-order valence-electron chi connectivity index (χ2n) is 7.90. The number of hydrogen-bond acceptors (Lipinski definition) is 5. The summed E-state index contributed by atoms with van der Waals surface area (Å²) in [7, 11) is 0. The molecule has 9 heteroatoms. The maximum absolute atomic E-state index is 14.4. The molecule has 2 aliphatic rings. The molecule has 5 rings (SSSR count). The molecule has 0 saturated carbocycles. The molecular formula is C22H21F2N5O2. The number of likely N-dealkylation sites (tertiary alicyclic amines) is 1. The number of benzene rings is 1. The minimum Gasteiger partial charge on any atom is -0.389 e. The van der Waals surface area contributed by atoms with Crippen molar-refractivity contribution < 1.29 is 18.7 Å². The number of nitrogens with zero attached hydrogens (tertiary/aromatic N) is 5. The zero-order valence-corrected chi connectivity index (χ0v) is 16.7. The first-order chi connectivity index (χ1) is 15.0. The molecule has 2 aromatic heterocycles. The van der Waals surface area contributed by atoms with E-state index in [1.54, 1.807) is 34.0 Å². The van der Waals surface area contributed by atoms with Gasteiger partial charge >= 0.3 is 0 Å². The van der Waals surface area contributed by atoms with Crippen LogP contribution >= 0.6 is 0 Å². The molecule has 1 amide bonds. The molecule has 1 atom stereocenters. The summed E-state index contributed by atoms with van der Waals surface area (Å²) in [6, 6.07) is 5.03. The molecule has 1 unspecified atom stereocenters. The number of halogens is 2. The van der Waals surface area contributed by atoms with E-state index in [0.717, 1.165) is 18.6 Å². The second-order valence-corrected chi connectivity index (χ2v) is 7.90. The molecule has 2 aliphatic heterocycles. The Morgan fingerprint density at radius 1 is 1.23 bits per heavy atom. The number of aliphatic hydroxyl groups excluding tert-OH is 1. The third-order valence-corrected chi connectivity index (χ3v) is 5.83. The van der Waals surface area contributed by atoms with Crippen molar-refractivity contribution in [1.29, 1.82) is 0 Å². The van der Waals surface area contributed by atoms with Gasteiger partial charge < -0.3 is 14.9 Å². The SMILES string of the molecule is O=C(C=Cc1cnn2ccc(N3CCCC3c3cc(F)ccc3F)nc12)N1CC(O)C1. The standard InChI is InChI=1S/C22H21F2N5O2/c23-15-4-5-18(24)17(10-15)19-2-1-8-28(19)20-7-9-29-22(26-20)14(11-25-29)3-6-21(31)27-12-16(30)13-27/h3-7,9-11,16,19,30H,1-2,8,12-13H2. The fraction of sp³-hybridized carbons (Fsp3) is 0.318. The van der Waals surface area contributed by atoms with Crippen LogP contribution in [0.1, 0.15) is 30.0 Å². The third kappa shape index (κ3) is 3.65. The minimum atomic E-state index is -0.464. The van der Waals surface area contributed by atoms with E-state index >= 15 is 0 Å². The summed E-state index contributed by atoms with van der Waals surface area (Å²) in [5, 5.41) is 13.6. The van der Waals surface area contributed by atoms with E-state index in [-0.39, 0.29) is 11.9 Å². The fourth-order valence-electron chi connectivity index (χ4n) is 4.19. The highest BCUT2D eigenvalue weighted by atomic mass is 19.1. The van der Waals surface area contributed by atoms with Crippen molar-refractivity contribution in [1.82, 2.24) is 19.5 Å². The highest BCUT2D eigenvalue weighted by molar-refractivity contribution is 5.93. The van der Waals surface area contributed by atoms with Crippen molar-refractivity contribution >= 4 is 23.4 Å². The highest BCUT2D eigenvalue weighted by Crippen LogP contribution is 2.36. The number of fused-ring (bicyclic) bond motifs is 1. The van der Waals surface area contributed by atoms with Crippen molar-refractivity contribution in [3.63, 3.8) is 0 Å². The van der Waals surface area contributed by atoms with Crippen LogP contribution in [0, 0.1) is 11.6 Å². The van der Waals surface area contributed by atoms with Gasteiger partial charge in [0.15, 0.2) is 5.65 Å². The number of rotatable bonds is 4. The topological polar surface area (TPSA) is 74.0 Å². The van der Waals surface area contributed by atoms with Gasteiger partial charge in [-0.2, -0.15) is 5.10 Å². The van der Waals surface area contributed by atoms with E-state index in [0.29, 0.717) is 48.6 Å². The first kappa shape index (κ1) is 19.6. The summed E-state index contributed by atoms with van der Waals surface area (Å²) in [5.41, 5.74) is 1.56. The molecule has 160 valence electrons. The van der Waals surface area contributed by atoms with Crippen molar-refractivity contribution in [2.24, 2.45) is 0 Å². The number of anilines is 1. The third-order valence-electron chi connectivity index (χ3n) is 5.83. The Balaban J connectivity index is 1.43. The van der Waals surface area contributed by atoms with Gasteiger partial charge in [-0.15, -0.1) is 0 Å². The Bertz CT molecular complexity index is 1170. The average molecular weight is 425 g/mol. The summed E-state index contributed by atoms with van der Waals surface area (Å²) in [6.07, 6.45) is 7.58. The molecule has 2 saturated heterocycles. The van der Waals surface area contributed by atoms with Crippen LogP contribution in [0.25, 0.3) is 11.7 Å². The zero-order valence-electron chi connectivity index (χ0n) is 16.7. The molecule has 1 N–H and O–H groups in total. The number of β-amino-alcohol motifs (C(OH)–C–C–N with tert-alkyl or cyclic N) is 1. The molecule has 0 radical (unpaired) electrons. The van der Waals surface area contributed by atoms with Crippen molar-refractivity contribution in [2.75, 3.05) is 24.5 Å². The van der Waals surface area contributed by atoms with E-state index < -0.39 is 17.7 Å². The van der Waals surface area contributed by atoms with Crippen LogP contribution in [0.2, 0.25) is 0 Å². The highest BCUT2D eigenvalue weighted by Gasteiger charge is 2.30. The predicted molar refractivity (Wildman–Crippen MR) is 110 cm³/mol. The largest absolute Gasteiger partial charge is 0.389 e. The Labute approximate surface area is 177 Å². The van der Waals surface area contributed by atoms with Gasteiger partial charge in [0.05, 0.1) is 18.3 Å². The van der Waals surface area contributed by atoms with Crippen molar-refractivity contribution in [3.8, 4) is 0 Å². The number of hydrogen-bond donors (Lipinski definition) is 1. The van der Waals surface area contributed by atoms with Gasteiger partial charge in [0.1, 0.15) is 17.5 Å². The summed E-state index contributed by atoms with van der Waals surface area (Å²) in [5.74, 6) is -0.427. The van der Waals surface area contributed by atoms with Crippen LogP contribution in [0.15, 0.2) is 42.7 Å². The predicted octanol–water partition coefficient (Wildman–Crippen LogP) is 2.57. The number of carbonyl (C=O) groups excluding carboxylic acids is 1. The maximum Gasteiger partial charge on any atom is 0.246 e. The molecule has 0 spiro atoms. The monoisotopic (exact) mass is 425 g/mol. The minimum absolute atomic E-state index is 0.179. The van der Waals surface area contributed by atoms with E-state index in [9.17, 15) is 18.7 Å². The maximum atomic E-state index is 14.4. The van der Waals surface area contributed by atoms with E-state index in [2.05, 4.69) is 5.10 Å². The molecular weight excluding hydrogens is 404 g/mol. The lowest BCUT2D eigenvalue weighted by atomic mass is 10.0. The van der Waals surface area contributed by atoms with Crippen LogP contribution in [0.3, 0.4) is 0 Å². The first-order valence-electron chi connectivity index (χ1n) is 10.2. The summed E-state index contributed by atoms with van der Waals surface area (Å²) in [4.78, 5) is 20.4. The van der Waals surface area contributed by atoms with Crippen molar-refractivity contribution in [2.45, 2.75) is 25.0 Å². The van der Waals surface area contributed by atoms with Crippen molar-refractivity contribution in [3.05, 3.63) is 65.5 Å². The van der Waals surface area contributed by atoms with Gasteiger partial charge in [-0.05, 0) is 43.2 Å². The van der Waals surface area contributed by atoms with Gasteiger partial charge in [-0.25, -0.2) is 18.3 Å². The Morgan fingerprint density at radius 2 is 2.06 bits per heavy atom. The fourth-order valence-corrected chi connectivity index (χ4v) is 4.19. The lowest BCUT2D eigenvalue weighted by Gasteiger charge is -2.34. The molecule has 31 heavy (non-hydrogen) atoms. The quantitative estimate of drug-likeness (QED) is 0.651. The summed E-state index contributed by atoms with van der Waals surface area (Å²) in [6.45, 7) is 1.36. The van der Waals surface area contributed by atoms with Crippen LogP contribution in [-0.4, -0.2) is 56.2 Å². The summed E-state index contributed by atoms with van der Waals surface area (Å²) >= 11 is 0. The number of aliphatic hydroxyl groups is 1. The van der Waals surface area contributed by atoms with Gasteiger partial charge in [0.2, 0.25) is 5.91 Å². The number of aromatic nitrogens is 3. The average Bonchev–Trinajstić information content (AvgIpc) is 3.38. The lowest BCUT2D eigenvalue weighted by Crippen LogP contribution is -2.52. The van der Waals surface area contributed by atoms with Crippen LogP contribution in [0.4, 0.5) is 14.6 Å². The molecule has 4 heterocycles. The van der Waals surface area contributed by atoms with Crippen LogP contribution in [-0.2, 0) is 4.79 Å². The van der Waals surface area contributed by atoms with Gasteiger partial charge in [-0.1, -0.05) is 0 Å². The Morgan fingerprint density at radius 3 is 2.87 bits per heavy atom. The second kappa shape index (κ2) is 7.73. The van der Waals surface area contributed by atoms with Gasteiger partial charge in [-0.3, -0.25) is 4.79 Å². The van der Waals surface area contributed by atoms with Crippen LogP contribution < -0.4 is 4.90 Å². The molecule has 7 nitrogen and oxygen atoms in total. The van der Waals surface area contributed by atoms with E-state index in [1.165, 1.54) is 12.1 Å². The molecule has 0 bridgehead atoms. The molecule has 3 aromatic rings. The molecule has 1 aromatic carbocycles. The van der Waals surface area contributed by atoms with Gasteiger partial charge in [0.25, 0.3) is 0 Å². The molecule has 0 aliphatic carbocycles. The normalized spacial score (nSPS) is 19.5. The number of carbonyl (C=O) groups is 1. The Kier molecular flexibility index (Phi) is 4.90. The number of amides is 1. The first-order valence-corrected chi connectivity index (χ1v) is 10.2. The summed E-state index contributed by atoms with van der Waals surface area (Å²) < 4.78 is 29.7. The molecule has 2 fully saturated rings. The van der Waals surface area contributed by atoms with E-state index in [1.807, 2.05) is 4.90 Å². The smallest absolute Gasteiger partial charge is 0.246 e. The zero-order chi connectivity index (χ0) is 21.5. The lowest BCUT2D eigenvalue weighted by molar-refractivity contribution is -0.135. The van der Waals surface area contributed by atoms with Crippen LogP contribution in [0.5, 0.6) is 0 Å².